The average molecular weight is 252 g/mol. The molecule has 0 radical (unpaired) electrons. The highest BCUT2D eigenvalue weighted by Crippen LogP contribution is 2.27. The number of nitrogens with zero attached hydrogens (tertiary/aromatic N) is 1. The van der Waals surface area contributed by atoms with E-state index in [-0.39, 0.29) is 0 Å². The molecule has 104 valence electrons. The standard InChI is InChI=1S/C15H28N2O/c1-2-17(12-14-5-3-6-14)15(18)9-8-13-7-4-10-16-11-13/h13-14,16H,2-12H2,1H3. The van der Waals surface area contributed by atoms with E-state index in [1.54, 1.807) is 0 Å². The van der Waals surface area contributed by atoms with Crippen molar-refractivity contribution in [2.24, 2.45) is 11.8 Å². The molecule has 3 nitrogen and oxygen atoms in total. The highest BCUT2D eigenvalue weighted by Gasteiger charge is 2.23. The second-order valence-corrected chi connectivity index (χ2v) is 5.98. The van der Waals surface area contributed by atoms with E-state index in [0.29, 0.717) is 5.91 Å². The van der Waals surface area contributed by atoms with Crippen LogP contribution in [0.25, 0.3) is 0 Å². The lowest BCUT2D eigenvalue weighted by Gasteiger charge is -2.32. The zero-order valence-corrected chi connectivity index (χ0v) is 11.8. The molecule has 1 aliphatic heterocycles. The number of nitrogens with one attached hydrogen (secondary N) is 1. The number of piperidine rings is 1. The van der Waals surface area contributed by atoms with Gasteiger partial charge in [0.2, 0.25) is 5.91 Å². The Kier molecular flexibility index (Phi) is 5.48. The highest BCUT2D eigenvalue weighted by molar-refractivity contribution is 5.76. The van der Waals surface area contributed by atoms with Gasteiger partial charge < -0.3 is 10.2 Å². The predicted molar refractivity (Wildman–Crippen MR) is 74.4 cm³/mol. The molecular formula is C15H28N2O. The lowest BCUT2D eigenvalue weighted by molar-refractivity contribution is -0.132. The van der Waals surface area contributed by atoms with Crippen LogP contribution in [0.5, 0.6) is 0 Å². The number of hydrogen-bond acceptors (Lipinski definition) is 2. The number of carbonyl (C=O) groups excluding carboxylic acids is 1. The lowest BCUT2D eigenvalue weighted by Crippen LogP contribution is -2.38. The summed E-state index contributed by atoms with van der Waals surface area (Å²) in [5.74, 6) is 1.91. The van der Waals surface area contributed by atoms with Crippen LogP contribution in [0.2, 0.25) is 0 Å². The maximum absolute atomic E-state index is 12.2. The molecule has 1 atom stereocenters. The summed E-state index contributed by atoms with van der Waals surface area (Å²) in [6.45, 7) is 6.28. The number of rotatable bonds is 6. The zero-order valence-electron chi connectivity index (χ0n) is 11.8. The molecular weight excluding hydrogens is 224 g/mol. The van der Waals surface area contributed by atoms with E-state index in [2.05, 4.69) is 17.1 Å². The fraction of sp³-hybridized carbons (Fsp3) is 0.933. The van der Waals surface area contributed by atoms with Gasteiger partial charge in [-0.3, -0.25) is 4.79 Å². The van der Waals surface area contributed by atoms with Crippen molar-refractivity contribution in [1.82, 2.24) is 10.2 Å². The fourth-order valence-electron chi connectivity index (χ4n) is 3.05. The molecule has 1 saturated heterocycles. The highest BCUT2D eigenvalue weighted by atomic mass is 16.2. The quantitative estimate of drug-likeness (QED) is 0.787. The van der Waals surface area contributed by atoms with E-state index >= 15 is 0 Å². The maximum Gasteiger partial charge on any atom is 0.222 e. The van der Waals surface area contributed by atoms with Crippen molar-refractivity contribution in [3.05, 3.63) is 0 Å². The van der Waals surface area contributed by atoms with Crippen LogP contribution in [0.1, 0.15) is 51.9 Å². The van der Waals surface area contributed by atoms with Crippen molar-refractivity contribution in [3.8, 4) is 0 Å². The van der Waals surface area contributed by atoms with E-state index in [0.717, 1.165) is 50.9 Å². The fourth-order valence-corrected chi connectivity index (χ4v) is 3.05. The Hall–Kier alpha value is -0.570. The first-order valence-corrected chi connectivity index (χ1v) is 7.78. The molecule has 2 fully saturated rings. The minimum atomic E-state index is 0.384. The predicted octanol–water partition coefficient (Wildman–Crippen LogP) is 2.41. The third-order valence-corrected chi connectivity index (χ3v) is 4.60. The molecule has 1 aliphatic carbocycles. The van der Waals surface area contributed by atoms with Gasteiger partial charge in [0.1, 0.15) is 0 Å². The third-order valence-electron chi connectivity index (χ3n) is 4.60. The Balaban J connectivity index is 1.67. The SMILES string of the molecule is CCN(CC1CCC1)C(=O)CCC1CCCNC1. The van der Waals surface area contributed by atoms with Crippen LogP contribution in [0.15, 0.2) is 0 Å². The molecule has 0 aromatic rings. The Bertz CT molecular complexity index is 257. The van der Waals surface area contributed by atoms with Gasteiger partial charge in [-0.2, -0.15) is 0 Å². The monoisotopic (exact) mass is 252 g/mol. The van der Waals surface area contributed by atoms with Gasteiger partial charge in [-0.1, -0.05) is 6.42 Å². The van der Waals surface area contributed by atoms with Crippen molar-refractivity contribution < 1.29 is 4.79 Å². The van der Waals surface area contributed by atoms with E-state index in [4.69, 9.17) is 0 Å². The molecule has 1 heterocycles. The molecule has 1 amide bonds. The van der Waals surface area contributed by atoms with Crippen molar-refractivity contribution >= 4 is 5.91 Å². The molecule has 2 aliphatic rings. The molecule has 2 rings (SSSR count). The second-order valence-electron chi connectivity index (χ2n) is 5.98. The van der Waals surface area contributed by atoms with Crippen molar-refractivity contribution in [2.75, 3.05) is 26.2 Å². The summed E-state index contributed by atoms with van der Waals surface area (Å²) >= 11 is 0. The molecule has 0 bridgehead atoms. The van der Waals surface area contributed by atoms with Gasteiger partial charge in [0.15, 0.2) is 0 Å². The number of hydrogen-bond donors (Lipinski definition) is 1. The van der Waals surface area contributed by atoms with Gasteiger partial charge in [-0.05, 0) is 64.0 Å². The first-order chi connectivity index (χ1) is 8.79. The summed E-state index contributed by atoms with van der Waals surface area (Å²) in [4.78, 5) is 14.3. The normalized spacial score (nSPS) is 24.6. The maximum atomic E-state index is 12.2. The van der Waals surface area contributed by atoms with E-state index in [9.17, 15) is 4.79 Å². The zero-order chi connectivity index (χ0) is 12.8. The molecule has 1 saturated carbocycles. The third kappa shape index (κ3) is 3.98. The summed E-state index contributed by atoms with van der Waals surface area (Å²) in [5.41, 5.74) is 0. The van der Waals surface area contributed by atoms with Crippen LogP contribution < -0.4 is 5.32 Å². The van der Waals surface area contributed by atoms with Gasteiger partial charge in [0, 0.05) is 19.5 Å². The minimum absolute atomic E-state index is 0.384. The first kappa shape index (κ1) is 13.9. The Morgan fingerprint density at radius 1 is 1.22 bits per heavy atom. The number of amides is 1. The molecule has 1 N–H and O–H groups in total. The Morgan fingerprint density at radius 3 is 2.56 bits per heavy atom. The van der Waals surface area contributed by atoms with E-state index < -0.39 is 0 Å². The second kappa shape index (κ2) is 7.13. The van der Waals surface area contributed by atoms with E-state index in [1.807, 2.05) is 0 Å². The van der Waals surface area contributed by atoms with Gasteiger partial charge >= 0.3 is 0 Å². The van der Waals surface area contributed by atoms with Gasteiger partial charge in [-0.25, -0.2) is 0 Å². The molecule has 0 aromatic carbocycles. The lowest BCUT2D eigenvalue weighted by atomic mass is 9.85. The van der Waals surface area contributed by atoms with Crippen LogP contribution in [0, 0.1) is 11.8 Å². The average Bonchev–Trinajstić information content (AvgIpc) is 2.36. The van der Waals surface area contributed by atoms with Gasteiger partial charge in [-0.15, -0.1) is 0 Å². The Labute approximate surface area is 111 Å². The van der Waals surface area contributed by atoms with Crippen molar-refractivity contribution in [3.63, 3.8) is 0 Å². The molecule has 0 aromatic heterocycles. The molecule has 3 heteroatoms. The molecule has 18 heavy (non-hydrogen) atoms. The van der Waals surface area contributed by atoms with Crippen molar-refractivity contribution in [1.29, 1.82) is 0 Å². The molecule has 0 spiro atoms. The van der Waals surface area contributed by atoms with Crippen LogP contribution in [-0.4, -0.2) is 37.0 Å². The summed E-state index contributed by atoms with van der Waals surface area (Å²) in [5, 5.41) is 3.43. The van der Waals surface area contributed by atoms with Crippen LogP contribution >= 0.6 is 0 Å². The minimum Gasteiger partial charge on any atom is -0.343 e. The van der Waals surface area contributed by atoms with Crippen LogP contribution in [0.4, 0.5) is 0 Å². The van der Waals surface area contributed by atoms with Crippen LogP contribution in [0.3, 0.4) is 0 Å². The summed E-state index contributed by atoms with van der Waals surface area (Å²) in [6, 6.07) is 0. The van der Waals surface area contributed by atoms with Crippen LogP contribution in [-0.2, 0) is 4.79 Å². The van der Waals surface area contributed by atoms with E-state index in [1.165, 1.54) is 32.1 Å². The summed E-state index contributed by atoms with van der Waals surface area (Å²) in [6.07, 6.45) is 8.43. The molecule has 1 unspecified atom stereocenters. The summed E-state index contributed by atoms with van der Waals surface area (Å²) < 4.78 is 0. The smallest absolute Gasteiger partial charge is 0.222 e. The summed E-state index contributed by atoms with van der Waals surface area (Å²) in [7, 11) is 0. The number of carbonyl (C=O) groups is 1. The van der Waals surface area contributed by atoms with Gasteiger partial charge in [0.25, 0.3) is 0 Å². The topological polar surface area (TPSA) is 32.3 Å². The largest absolute Gasteiger partial charge is 0.343 e. The van der Waals surface area contributed by atoms with Gasteiger partial charge in [0.05, 0.1) is 0 Å². The first-order valence-electron chi connectivity index (χ1n) is 7.78. The van der Waals surface area contributed by atoms with Crippen molar-refractivity contribution in [2.45, 2.75) is 51.9 Å². The Morgan fingerprint density at radius 2 is 2.00 bits per heavy atom.